The molecule has 7 nitrogen and oxygen atoms in total. The van der Waals surface area contributed by atoms with Crippen molar-refractivity contribution in [1.29, 1.82) is 0 Å². The minimum Gasteiger partial charge on any atom is -0.331 e. The Bertz CT molecular complexity index is 941. The zero-order valence-corrected chi connectivity index (χ0v) is 14.9. The summed E-state index contributed by atoms with van der Waals surface area (Å²) in [5, 5.41) is 11.8. The maximum atomic E-state index is 12.0. The van der Waals surface area contributed by atoms with Crippen LogP contribution in [0.4, 0.5) is 5.69 Å². The molecule has 3 rings (SSSR count). The number of aryl methyl sites for hydroxylation is 1. The number of aromatic nitrogens is 3. The SMILES string of the molecule is Cc1ccc(NC(=S)NNC(=O)Cn2nnc3ccccc32)cc1Cl. The average Bonchev–Trinajstić information content (AvgIpc) is 2.99. The van der Waals surface area contributed by atoms with E-state index in [2.05, 4.69) is 26.5 Å². The van der Waals surface area contributed by atoms with Gasteiger partial charge in [0.25, 0.3) is 5.91 Å². The van der Waals surface area contributed by atoms with Crippen LogP contribution in [0.15, 0.2) is 42.5 Å². The first-order chi connectivity index (χ1) is 12.0. The summed E-state index contributed by atoms with van der Waals surface area (Å²) in [4.78, 5) is 12.0. The van der Waals surface area contributed by atoms with E-state index >= 15 is 0 Å². The molecule has 0 bridgehead atoms. The van der Waals surface area contributed by atoms with Crippen LogP contribution in [0.5, 0.6) is 0 Å². The van der Waals surface area contributed by atoms with Crippen molar-refractivity contribution < 1.29 is 4.79 Å². The van der Waals surface area contributed by atoms with Crippen LogP contribution < -0.4 is 16.2 Å². The van der Waals surface area contributed by atoms with Crippen molar-refractivity contribution >= 4 is 51.6 Å². The number of benzene rings is 2. The number of halogens is 1. The summed E-state index contributed by atoms with van der Waals surface area (Å²) < 4.78 is 1.52. The Balaban J connectivity index is 1.53. The Morgan fingerprint density at radius 2 is 2.04 bits per heavy atom. The summed E-state index contributed by atoms with van der Waals surface area (Å²) in [5.41, 5.74) is 8.38. The third-order valence-electron chi connectivity index (χ3n) is 3.46. The number of carbonyl (C=O) groups excluding carboxylic acids is 1. The van der Waals surface area contributed by atoms with Crippen LogP contribution in [0.1, 0.15) is 5.56 Å². The smallest absolute Gasteiger partial charge is 0.260 e. The van der Waals surface area contributed by atoms with E-state index in [9.17, 15) is 4.79 Å². The number of hydrogen-bond donors (Lipinski definition) is 3. The monoisotopic (exact) mass is 374 g/mol. The van der Waals surface area contributed by atoms with Gasteiger partial charge in [0, 0.05) is 10.7 Å². The molecule has 0 aliphatic carbocycles. The van der Waals surface area contributed by atoms with Gasteiger partial charge < -0.3 is 5.32 Å². The standard InChI is InChI=1S/C16H15ClN6OS/c1-10-6-7-11(8-12(10)17)18-16(25)21-20-15(24)9-23-14-5-3-2-4-13(14)19-22-23/h2-8H,9H2,1H3,(H,20,24)(H2,18,21,25). The second kappa shape index (κ2) is 7.45. The van der Waals surface area contributed by atoms with Crippen molar-refractivity contribution in [2.24, 2.45) is 0 Å². The number of carbonyl (C=O) groups is 1. The maximum Gasteiger partial charge on any atom is 0.260 e. The van der Waals surface area contributed by atoms with E-state index in [4.69, 9.17) is 23.8 Å². The number of amides is 1. The molecular formula is C16H15ClN6OS. The lowest BCUT2D eigenvalue weighted by atomic mass is 10.2. The maximum absolute atomic E-state index is 12.0. The van der Waals surface area contributed by atoms with E-state index < -0.39 is 0 Å². The molecule has 128 valence electrons. The van der Waals surface area contributed by atoms with Crippen LogP contribution in [0, 0.1) is 6.92 Å². The minimum atomic E-state index is -0.304. The van der Waals surface area contributed by atoms with Gasteiger partial charge in [-0.25, -0.2) is 4.68 Å². The fraction of sp³-hybridized carbons (Fsp3) is 0.125. The number of anilines is 1. The molecule has 0 aliphatic rings. The van der Waals surface area contributed by atoms with Crippen molar-refractivity contribution in [1.82, 2.24) is 25.8 Å². The summed E-state index contributed by atoms with van der Waals surface area (Å²) in [7, 11) is 0. The molecule has 9 heteroatoms. The van der Waals surface area contributed by atoms with Crippen LogP contribution in [0.3, 0.4) is 0 Å². The van der Waals surface area contributed by atoms with Crippen molar-refractivity contribution in [2.45, 2.75) is 13.5 Å². The molecule has 25 heavy (non-hydrogen) atoms. The first-order valence-corrected chi connectivity index (χ1v) is 8.22. The molecule has 0 spiro atoms. The first kappa shape index (κ1) is 17.1. The predicted octanol–water partition coefficient (Wildman–Crippen LogP) is 2.41. The van der Waals surface area contributed by atoms with E-state index in [0.717, 1.165) is 22.3 Å². The molecule has 0 atom stereocenters. The summed E-state index contributed by atoms with van der Waals surface area (Å²) in [5.74, 6) is -0.304. The van der Waals surface area contributed by atoms with Gasteiger partial charge in [-0.05, 0) is 49.0 Å². The molecule has 2 aromatic carbocycles. The lowest BCUT2D eigenvalue weighted by Gasteiger charge is -2.12. The number of fused-ring (bicyclic) bond motifs is 1. The van der Waals surface area contributed by atoms with Gasteiger partial charge in [-0.3, -0.25) is 15.6 Å². The molecular weight excluding hydrogens is 360 g/mol. The van der Waals surface area contributed by atoms with E-state index in [1.165, 1.54) is 4.68 Å². The Kier molecular flexibility index (Phi) is 5.11. The Labute approximate surface area is 154 Å². The quantitative estimate of drug-likeness (QED) is 0.482. The van der Waals surface area contributed by atoms with Crippen LogP contribution in [0.25, 0.3) is 11.0 Å². The lowest BCUT2D eigenvalue weighted by molar-refractivity contribution is -0.122. The van der Waals surface area contributed by atoms with Gasteiger partial charge in [0.2, 0.25) is 0 Å². The molecule has 0 saturated carbocycles. The lowest BCUT2D eigenvalue weighted by Crippen LogP contribution is -2.45. The molecule has 0 saturated heterocycles. The van der Waals surface area contributed by atoms with Crippen LogP contribution in [-0.4, -0.2) is 26.0 Å². The highest BCUT2D eigenvalue weighted by molar-refractivity contribution is 7.80. The third kappa shape index (κ3) is 4.23. The minimum absolute atomic E-state index is 0.0203. The van der Waals surface area contributed by atoms with Gasteiger partial charge in [-0.2, -0.15) is 0 Å². The third-order valence-corrected chi connectivity index (χ3v) is 4.07. The number of para-hydroxylation sites is 1. The Morgan fingerprint density at radius 3 is 2.84 bits per heavy atom. The van der Waals surface area contributed by atoms with E-state index in [1.54, 1.807) is 6.07 Å². The second-order valence-corrected chi connectivity index (χ2v) is 6.14. The zero-order chi connectivity index (χ0) is 17.8. The van der Waals surface area contributed by atoms with Gasteiger partial charge in [-0.1, -0.05) is 35.0 Å². The second-order valence-electron chi connectivity index (χ2n) is 5.33. The van der Waals surface area contributed by atoms with E-state index in [1.807, 2.05) is 43.3 Å². The summed E-state index contributed by atoms with van der Waals surface area (Å²) >= 11 is 11.2. The fourth-order valence-electron chi connectivity index (χ4n) is 2.17. The van der Waals surface area contributed by atoms with Gasteiger partial charge in [-0.15, -0.1) is 5.10 Å². The first-order valence-electron chi connectivity index (χ1n) is 7.43. The van der Waals surface area contributed by atoms with Crippen LogP contribution in [-0.2, 0) is 11.3 Å². The Morgan fingerprint density at radius 1 is 1.24 bits per heavy atom. The van der Waals surface area contributed by atoms with Gasteiger partial charge in [0.1, 0.15) is 12.1 Å². The highest BCUT2D eigenvalue weighted by atomic mass is 35.5. The number of rotatable bonds is 3. The number of nitrogens with one attached hydrogen (secondary N) is 3. The fourth-order valence-corrected chi connectivity index (χ4v) is 2.52. The van der Waals surface area contributed by atoms with Crippen LogP contribution in [0.2, 0.25) is 5.02 Å². The Hall–Kier alpha value is -2.71. The normalized spacial score (nSPS) is 10.5. The number of hydrazine groups is 1. The van der Waals surface area contributed by atoms with Crippen molar-refractivity contribution in [3.8, 4) is 0 Å². The summed E-state index contributed by atoms with van der Waals surface area (Å²) in [6, 6.07) is 12.9. The summed E-state index contributed by atoms with van der Waals surface area (Å²) in [6.07, 6.45) is 0. The number of nitrogens with zero attached hydrogens (tertiary/aromatic N) is 3. The highest BCUT2D eigenvalue weighted by Crippen LogP contribution is 2.19. The average molecular weight is 375 g/mol. The number of thiocarbonyl (C=S) groups is 1. The van der Waals surface area contributed by atoms with Crippen molar-refractivity contribution in [3.05, 3.63) is 53.1 Å². The molecule has 1 heterocycles. The van der Waals surface area contributed by atoms with Gasteiger partial charge in [0.15, 0.2) is 5.11 Å². The largest absolute Gasteiger partial charge is 0.331 e. The molecule has 0 unspecified atom stereocenters. The van der Waals surface area contributed by atoms with E-state index in [-0.39, 0.29) is 17.6 Å². The molecule has 1 amide bonds. The highest BCUT2D eigenvalue weighted by Gasteiger charge is 2.09. The van der Waals surface area contributed by atoms with Gasteiger partial charge >= 0.3 is 0 Å². The zero-order valence-electron chi connectivity index (χ0n) is 13.3. The molecule has 3 N–H and O–H groups in total. The van der Waals surface area contributed by atoms with Crippen molar-refractivity contribution in [2.75, 3.05) is 5.32 Å². The molecule has 0 fully saturated rings. The molecule has 3 aromatic rings. The molecule has 1 aromatic heterocycles. The van der Waals surface area contributed by atoms with Gasteiger partial charge in [0.05, 0.1) is 5.52 Å². The summed E-state index contributed by atoms with van der Waals surface area (Å²) in [6.45, 7) is 1.93. The molecule has 0 aliphatic heterocycles. The topological polar surface area (TPSA) is 83.9 Å². The molecule has 0 radical (unpaired) electrons. The van der Waals surface area contributed by atoms with Crippen molar-refractivity contribution in [3.63, 3.8) is 0 Å². The predicted molar refractivity (Wildman–Crippen MR) is 101 cm³/mol. The van der Waals surface area contributed by atoms with E-state index in [0.29, 0.717) is 5.02 Å². The van der Waals surface area contributed by atoms with Crippen LogP contribution >= 0.6 is 23.8 Å². The number of hydrogen-bond acceptors (Lipinski definition) is 4.